The third-order valence-corrected chi connectivity index (χ3v) is 20.0. The van der Waals surface area contributed by atoms with Crippen molar-refractivity contribution in [3.8, 4) is 0 Å². The van der Waals surface area contributed by atoms with E-state index < -0.39 is 20.0 Å². The van der Waals surface area contributed by atoms with E-state index in [9.17, 15) is 19.4 Å². The van der Waals surface area contributed by atoms with Crippen molar-refractivity contribution in [2.24, 2.45) is 0 Å². The fourth-order valence-corrected chi connectivity index (χ4v) is 13.5. The van der Waals surface area contributed by atoms with Crippen LogP contribution >= 0.6 is 7.82 Å². The summed E-state index contributed by atoms with van der Waals surface area (Å²) in [6.07, 6.45) is 92.0. The molecule has 0 fully saturated rings. The molecule has 0 rings (SSSR count). The number of allylic oxidation sites excluding steroid dienone is 2. The zero-order chi connectivity index (χ0) is 64.1. The normalized spacial score (nSPS) is 13.5. The van der Waals surface area contributed by atoms with Crippen molar-refractivity contribution >= 4 is 13.7 Å². The summed E-state index contributed by atoms with van der Waals surface area (Å²) in [6.45, 7) is 4.80. The van der Waals surface area contributed by atoms with E-state index in [1.54, 1.807) is 0 Å². The highest BCUT2D eigenvalue weighted by Gasteiger charge is 2.24. The van der Waals surface area contributed by atoms with E-state index in [-0.39, 0.29) is 19.1 Å². The molecule has 0 aromatic carbocycles. The van der Waals surface area contributed by atoms with Gasteiger partial charge in [-0.3, -0.25) is 9.36 Å². The summed E-state index contributed by atoms with van der Waals surface area (Å²) >= 11 is 0. The molecule has 88 heavy (non-hydrogen) atoms. The van der Waals surface area contributed by atoms with Crippen molar-refractivity contribution < 1.29 is 32.9 Å². The molecule has 0 aliphatic rings. The quantitative estimate of drug-likeness (QED) is 0.0272. The van der Waals surface area contributed by atoms with Crippen LogP contribution in [0, 0.1) is 0 Å². The third kappa shape index (κ3) is 72.7. The molecule has 0 saturated heterocycles. The molecule has 0 aliphatic heterocycles. The van der Waals surface area contributed by atoms with Gasteiger partial charge in [0.1, 0.15) is 13.2 Å². The highest BCUT2D eigenvalue weighted by Crippen LogP contribution is 2.38. The molecule has 0 saturated carbocycles. The maximum atomic E-state index is 13.1. The molecule has 0 heterocycles. The number of carbonyl (C=O) groups excluding carboxylic acids is 1. The monoisotopic (exact) mass is 1260 g/mol. The lowest BCUT2D eigenvalue weighted by molar-refractivity contribution is -0.870. The summed E-state index contributed by atoms with van der Waals surface area (Å²) in [5.41, 5.74) is 0. The second kappa shape index (κ2) is 70.6. The lowest BCUT2D eigenvalue weighted by Crippen LogP contribution is -2.46. The largest absolute Gasteiger partial charge is 0.756 e. The molecular weight excluding hydrogens is 1100 g/mol. The van der Waals surface area contributed by atoms with Crippen LogP contribution in [0.1, 0.15) is 438 Å². The zero-order valence-electron chi connectivity index (χ0n) is 60.5. The van der Waals surface area contributed by atoms with Crippen molar-refractivity contribution in [2.75, 3.05) is 40.9 Å². The van der Waals surface area contributed by atoms with E-state index in [1.807, 2.05) is 21.1 Å². The average molecular weight is 1260 g/mol. The Morgan fingerprint density at radius 2 is 0.625 bits per heavy atom. The Labute approximate surface area is 552 Å². The molecule has 0 bridgehead atoms. The fraction of sp³-hybridized carbons (Fsp3) is 0.962. The maximum absolute atomic E-state index is 13.1. The number of carbonyl (C=O) groups is 1. The van der Waals surface area contributed by atoms with E-state index in [0.717, 1.165) is 38.5 Å². The Kier molecular flexibility index (Phi) is 69.9. The standard InChI is InChI=1S/C79H159N2O6P/c1-6-8-10-12-14-16-18-20-22-24-26-28-30-32-34-36-38-39-40-41-43-45-47-49-51-53-55-57-59-61-63-65-67-69-71-73-79(83)80-77(76-87-88(84,85)86-75-74-81(3,4)5)78(82)72-70-68-66-64-62-60-58-56-54-52-50-48-46-44-42-37-35-33-31-29-27-25-23-21-19-17-15-13-11-9-7-2/h24,26,77-78,82H,6-23,25,27-76H2,1-5H3,(H-,80,83,84,85)/b26-24-. The SMILES string of the molecule is CCCCCCCCCC/C=C\CCCCCCCCCCCCCCCCCCCCCCCCCC(=O)NC(COP(=O)([O-])OCC[N+](C)(C)C)C(O)CCCCCCCCCCCCCCCCCCCCCCCCCCCCCCCCC. The van der Waals surface area contributed by atoms with Gasteiger partial charge < -0.3 is 28.8 Å². The van der Waals surface area contributed by atoms with Gasteiger partial charge >= 0.3 is 0 Å². The van der Waals surface area contributed by atoms with Gasteiger partial charge in [-0.1, -0.05) is 405 Å². The number of rotatable bonds is 76. The van der Waals surface area contributed by atoms with Gasteiger partial charge in [0, 0.05) is 6.42 Å². The number of quaternary nitrogens is 1. The number of amides is 1. The van der Waals surface area contributed by atoms with Gasteiger partial charge in [-0.2, -0.15) is 0 Å². The van der Waals surface area contributed by atoms with Crippen LogP contribution < -0.4 is 10.2 Å². The Bertz CT molecular complexity index is 1440. The van der Waals surface area contributed by atoms with Crippen LogP contribution in [0.5, 0.6) is 0 Å². The fourth-order valence-electron chi connectivity index (χ4n) is 12.8. The van der Waals surface area contributed by atoms with Gasteiger partial charge in [0.05, 0.1) is 39.9 Å². The summed E-state index contributed by atoms with van der Waals surface area (Å²) in [5, 5.41) is 14.2. The number of phosphoric acid groups is 1. The molecule has 1 amide bonds. The van der Waals surface area contributed by atoms with Crippen molar-refractivity contribution in [3.63, 3.8) is 0 Å². The first-order valence-corrected chi connectivity index (χ1v) is 41.5. The summed E-state index contributed by atoms with van der Waals surface area (Å²) in [6, 6.07) is -0.799. The van der Waals surface area contributed by atoms with Crippen molar-refractivity contribution in [1.29, 1.82) is 0 Å². The summed E-state index contributed by atoms with van der Waals surface area (Å²) in [7, 11) is 1.33. The summed E-state index contributed by atoms with van der Waals surface area (Å²) in [5.74, 6) is -0.153. The molecule has 9 heteroatoms. The third-order valence-electron chi connectivity index (χ3n) is 19.0. The second-order valence-corrected chi connectivity index (χ2v) is 30.5. The molecule has 0 spiro atoms. The molecular formula is C79H159N2O6P. The lowest BCUT2D eigenvalue weighted by Gasteiger charge is -2.30. The Morgan fingerprint density at radius 3 is 0.886 bits per heavy atom. The van der Waals surface area contributed by atoms with Crippen molar-refractivity contribution in [3.05, 3.63) is 12.2 Å². The van der Waals surface area contributed by atoms with Gasteiger partial charge in [-0.15, -0.1) is 0 Å². The second-order valence-electron chi connectivity index (χ2n) is 29.1. The minimum absolute atomic E-state index is 0.0163. The number of likely N-dealkylation sites (N-methyl/N-ethyl adjacent to an activating group) is 1. The highest BCUT2D eigenvalue weighted by molar-refractivity contribution is 7.45. The topological polar surface area (TPSA) is 108 Å². The van der Waals surface area contributed by atoms with Crippen LogP contribution in [0.15, 0.2) is 12.2 Å². The van der Waals surface area contributed by atoms with E-state index in [0.29, 0.717) is 23.9 Å². The van der Waals surface area contributed by atoms with Crippen LogP contribution in [-0.4, -0.2) is 68.5 Å². The van der Waals surface area contributed by atoms with E-state index in [4.69, 9.17) is 9.05 Å². The van der Waals surface area contributed by atoms with Gasteiger partial charge in [-0.05, 0) is 38.5 Å². The number of nitrogens with one attached hydrogen (secondary N) is 1. The Morgan fingerprint density at radius 1 is 0.386 bits per heavy atom. The molecule has 8 nitrogen and oxygen atoms in total. The summed E-state index contributed by atoms with van der Waals surface area (Å²) < 4.78 is 23.6. The maximum Gasteiger partial charge on any atom is 0.268 e. The van der Waals surface area contributed by atoms with Crippen molar-refractivity contribution in [2.45, 2.75) is 450 Å². The predicted molar refractivity (Wildman–Crippen MR) is 386 cm³/mol. The van der Waals surface area contributed by atoms with Gasteiger partial charge in [0.25, 0.3) is 7.82 Å². The van der Waals surface area contributed by atoms with Crippen LogP contribution in [0.25, 0.3) is 0 Å². The highest BCUT2D eigenvalue weighted by atomic mass is 31.2. The molecule has 0 aliphatic carbocycles. The molecule has 0 aromatic heterocycles. The van der Waals surface area contributed by atoms with Crippen LogP contribution in [0.4, 0.5) is 0 Å². The number of hydrogen-bond donors (Lipinski definition) is 2. The van der Waals surface area contributed by atoms with Gasteiger partial charge in [-0.25, -0.2) is 0 Å². The molecule has 2 N–H and O–H groups in total. The number of hydrogen-bond acceptors (Lipinski definition) is 6. The lowest BCUT2D eigenvalue weighted by atomic mass is 10.0. The van der Waals surface area contributed by atoms with Crippen LogP contribution in [-0.2, 0) is 18.4 Å². The Hall–Kier alpha value is -0.760. The Balaban J connectivity index is 3.90. The number of unbranched alkanes of at least 4 members (excludes halogenated alkanes) is 61. The van der Waals surface area contributed by atoms with Gasteiger partial charge in [0.15, 0.2) is 0 Å². The van der Waals surface area contributed by atoms with E-state index >= 15 is 0 Å². The summed E-state index contributed by atoms with van der Waals surface area (Å²) in [4.78, 5) is 25.7. The number of aliphatic hydroxyl groups is 1. The zero-order valence-corrected chi connectivity index (χ0v) is 61.4. The van der Waals surface area contributed by atoms with Crippen LogP contribution in [0.2, 0.25) is 0 Å². The number of phosphoric ester groups is 1. The first-order valence-electron chi connectivity index (χ1n) is 40.0. The first kappa shape index (κ1) is 87.2. The predicted octanol–water partition coefficient (Wildman–Crippen LogP) is 25.4. The molecule has 526 valence electrons. The van der Waals surface area contributed by atoms with Crippen molar-refractivity contribution in [1.82, 2.24) is 5.32 Å². The first-order chi connectivity index (χ1) is 43.0. The number of nitrogens with zero attached hydrogens (tertiary/aromatic N) is 1. The molecule has 0 aromatic rings. The molecule has 3 unspecified atom stereocenters. The van der Waals surface area contributed by atoms with E-state index in [1.165, 1.54) is 372 Å². The molecule has 3 atom stereocenters. The van der Waals surface area contributed by atoms with E-state index in [2.05, 4.69) is 31.3 Å². The number of aliphatic hydroxyl groups excluding tert-OH is 1. The van der Waals surface area contributed by atoms with Gasteiger partial charge in [0.2, 0.25) is 5.91 Å². The smallest absolute Gasteiger partial charge is 0.268 e. The minimum atomic E-state index is -4.58. The van der Waals surface area contributed by atoms with Crippen LogP contribution in [0.3, 0.4) is 0 Å². The average Bonchev–Trinajstić information content (AvgIpc) is 3.64. The molecule has 0 radical (unpaired) electrons. The minimum Gasteiger partial charge on any atom is -0.756 e.